The van der Waals surface area contributed by atoms with Gasteiger partial charge in [0.1, 0.15) is 5.82 Å². The maximum Gasteiger partial charge on any atom is 0.280 e. The van der Waals surface area contributed by atoms with Gasteiger partial charge < -0.3 is 0 Å². The van der Waals surface area contributed by atoms with E-state index in [1.54, 1.807) is 0 Å². The molecule has 3 rings (SSSR count). The van der Waals surface area contributed by atoms with Crippen molar-refractivity contribution in [2.45, 2.75) is 12.8 Å². The van der Waals surface area contributed by atoms with E-state index in [4.69, 9.17) is 0 Å². The monoisotopic (exact) mass is 285 g/mol. The zero-order chi connectivity index (χ0) is 15.0. The second-order valence-electron chi connectivity index (χ2n) is 5.16. The number of carbonyl (C=O) groups excluding carboxylic acids is 1. The molecule has 1 aliphatic rings. The molecule has 0 aliphatic heterocycles. The molecule has 0 heterocycles. The van der Waals surface area contributed by atoms with Crippen LogP contribution in [-0.4, -0.2) is 10.7 Å². The van der Waals surface area contributed by atoms with Gasteiger partial charge in [0.25, 0.3) is 5.69 Å². The zero-order valence-corrected chi connectivity index (χ0v) is 11.1. The van der Waals surface area contributed by atoms with E-state index in [1.807, 2.05) is 24.3 Å². The maximum absolute atomic E-state index is 13.3. The van der Waals surface area contributed by atoms with E-state index in [-0.39, 0.29) is 23.0 Å². The molecule has 2 aromatic carbocycles. The highest BCUT2D eigenvalue weighted by atomic mass is 19.1. The highest BCUT2D eigenvalue weighted by Gasteiger charge is 2.31. The Hall–Kier alpha value is -2.56. The molecular formula is C16H12FNO3. The molecule has 0 bridgehead atoms. The standard InChI is InChI=1S/C16H12FNO3/c17-13-5-6-15(18(20)21)14(9-13)16(19)12-7-10-3-1-2-4-11(10)8-12/h1-6,9,12H,7-8H2. The molecule has 0 atom stereocenters. The number of nitrogens with zero attached hydrogens (tertiary/aromatic N) is 1. The number of nitro benzene ring substituents is 1. The van der Waals surface area contributed by atoms with Gasteiger partial charge in [-0.25, -0.2) is 4.39 Å². The van der Waals surface area contributed by atoms with Gasteiger partial charge in [-0.3, -0.25) is 14.9 Å². The number of hydrogen-bond acceptors (Lipinski definition) is 3. The first-order valence-electron chi connectivity index (χ1n) is 6.61. The molecule has 1 aliphatic carbocycles. The van der Waals surface area contributed by atoms with Gasteiger partial charge in [-0.1, -0.05) is 24.3 Å². The van der Waals surface area contributed by atoms with Gasteiger partial charge in [0, 0.05) is 12.0 Å². The van der Waals surface area contributed by atoms with Crippen LogP contribution in [0, 0.1) is 21.8 Å². The summed E-state index contributed by atoms with van der Waals surface area (Å²) in [5.74, 6) is -1.36. The lowest BCUT2D eigenvalue weighted by molar-refractivity contribution is -0.385. The SMILES string of the molecule is O=C(c1cc(F)ccc1[N+](=O)[O-])C1Cc2ccccc2C1. The number of ketones is 1. The summed E-state index contributed by atoms with van der Waals surface area (Å²) < 4.78 is 13.3. The number of carbonyl (C=O) groups is 1. The summed E-state index contributed by atoms with van der Waals surface area (Å²) in [6, 6.07) is 10.7. The number of fused-ring (bicyclic) bond motifs is 1. The predicted molar refractivity (Wildman–Crippen MR) is 74.7 cm³/mol. The summed E-state index contributed by atoms with van der Waals surface area (Å²) >= 11 is 0. The quantitative estimate of drug-likeness (QED) is 0.493. The Kier molecular flexibility index (Phi) is 3.25. The molecule has 0 fully saturated rings. The molecule has 0 amide bonds. The number of halogens is 1. The van der Waals surface area contributed by atoms with Gasteiger partial charge >= 0.3 is 0 Å². The van der Waals surface area contributed by atoms with Crippen LogP contribution < -0.4 is 0 Å². The first kappa shape index (κ1) is 13.4. The molecular weight excluding hydrogens is 273 g/mol. The fraction of sp³-hybridized carbons (Fsp3) is 0.188. The van der Waals surface area contributed by atoms with Crippen LogP contribution in [0.3, 0.4) is 0 Å². The van der Waals surface area contributed by atoms with Crippen molar-refractivity contribution in [1.82, 2.24) is 0 Å². The van der Waals surface area contributed by atoms with Crippen LogP contribution in [0.4, 0.5) is 10.1 Å². The van der Waals surface area contributed by atoms with Crippen LogP contribution in [0.1, 0.15) is 21.5 Å². The third kappa shape index (κ3) is 2.42. The molecule has 0 radical (unpaired) electrons. The molecule has 0 aromatic heterocycles. The highest BCUT2D eigenvalue weighted by Crippen LogP contribution is 2.31. The van der Waals surface area contributed by atoms with Gasteiger partial charge in [0.15, 0.2) is 5.78 Å². The van der Waals surface area contributed by atoms with Crippen LogP contribution in [0.25, 0.3) is 0 Å². The number of nitro groups is 1. The molecule has 0 spiro atoms. The summed E-state index contributed by atoms with van der Waals surface area (Å²) in [7, 11) is 0. The van der Waals surface area contributed by atoms with E-state index in [0.717, 1.165) is 29.3 Å². The second-order valence-corrected chi connectivity index (χ2v) is 5.16. The van der Waals surface area contributed by atoms with E-state index in [9.17, 15) is 19.3 Å². The highest BCUT2D eigenvalue weighted by molar-refractivity contribution is 6.02. The van der Waals surface area contributed by atoms with Gasteiger partial charge in [0.2, 0.25) is 0 Å². The molecule has 106 valence electrons. The minimum atomic E-state index is -0.644. The van der Waals surface area contributed by atoms with Crippen molar-refractivity contribution >= 4 is 11.5 Å². The van der Waals surface area contributed by atoms with Crippen molar-refractivity contribution in [1.29, 1.82) is 0 Å². The number of benzene rings is 2. The number of rotatable bonds is 3. The van der Waals surface area contributed by atoms with Crippen molar-refractivity contribution in [3.05, 3.63) is 75.1 Å². The van der Waals surface area contributed by atoms with Crippen LogP contribution >= 0.6 is 0 Å². The van der Waals surface area contributed by atoms with Crippen molar-refractivity contribution < 1.29 is 14.1 Å². The van der Waals surface area contributed by atoms with Crippen LogP contribution in [-0.2, 0) is 12.8 Å². The van der Waals surface area contributed by atoms with E-state index in [2.05, 4.69) is 0 Å². The first-order valence-corrected chi connectivity index (χ1v) is 6.61. The first-order chi connectivity index (χ1) is 10.1. The summed E-state index contributed by atoms with van der Waals surface area (Å²) in [5.41, 5.74) is 1.68. The fourth-order valence-electron chi connectivity index (χ4n) is 2.83. The normalized spacial score (nSPS) is 14.0. The molecule has 2 aromatic rings. The molecule has 0 saturated heterocycles. The Labute approximate surface area is 120 Å². The van der Waals surface area contributed by atoms with E-state index >= 15 is 0 Å². The molecule has 0 unspecified atom stereocenters. The summed E-state index contributed by atoms with van der Waals surface area (Å²) in [6.07, 6.45) is 1.09. The minimum absolute atomic E-state index is 0.141. The topological polar surface area (TPSA) is 60.2 Å². The van der Waals surface area contributed by atoms with Crippen LogP contribution in [0.5, 0.6) is 0 Å². The third-order valence-electron chi connectivity index (χ3n) is 3.84. The van der Waals surface area contributed by atoms with Crippen LogP contribution in [0.15, 0.2) is 42.5 Å². The lowest BCUT2D eigenvalue weighted by Crippen LogP contribution is -2.16. The maximum atomic E-state index is 13.3. The smallest absolute Gasteiger partial charge is 0.280 e. The lowest BCUT2D eigenvalue weighted by Gasteiger charge is -2.08. The average molecular weight is 285 g/mol. The third-order valence-corrected chi connectivity index (χ3v) is 3.84. The van der Waals surface area contributed by atoms with Crippen molar-refractivity contribution in [3.63, 3.8) is 0 Å². The fourth-order valence-corrected chi connectivity index (χ4v) is 2.83. The summed E-state index contributed by atoms with van der Waals surface area (Å²) in [4.78, 5) is 22.9. The van der Waals surface area contributed by atoms with Crippen molar-refractivity contribution in [2.75, 3.05) is 0 Å². The van der Waals surface area contributed by atoms with Crippen molar-refractivity contribution in [3.8, 4) is 0 Å². The Morgan fingerprint density at radius 2 is 1.76 bits per heavy atom. The largest absolute Gasteiger partial charge is 0.294 e. The van der Waals surface area contributed by atoms with Gasteiger partial charge in [-0.05, 0) is 36.1 Å². The minimum Gasteiger partial charge on any atom is -0.294 e. The second kappa shape index (κ2) is 5.09. The van der Waals surface area contributed by atoms with Gasteiger partial charge in [0.05, 0.1) is 10.5 Å². The molecule has 4 nitrogen and oxygen atoms in total. The van der Waals surface area contributed by atoms with Crippen LogP contribution in [0.2, 0.25) is 0 Å². The Morgan fingerprint density at radius 3 is 2.33 bits per heavy atom. The van der Waals surface area contributed by atoms with E-state index < -0.39 is 10.7 Å². The number of Topliss-reactive ketones (excluding diaryl/α,β-unsaturated/α-hetero) is 1. The molecule has 0 saturated carbocycles. The van der Waals surface area contributed by atoms with Gasteiger partial charge in [-0.15, -0.1) is 0 Å². The average Bonchev–Trinajstić information content (AvgIpc) is 2.89. The summed E-state index contributed by atoms with van der Waals surface area (Å²) in [6.45, 7) is 0. The summed E-state index contributed by atoms with van der Waals surface area (Å²) in [5, 5.41) is 11.0. The van der Waals surface area contributed by atoms with E-state index in [1.165, 1.54) is 0 Å². The zero-order valence-electron chi connectivity index (χ0n) is 11.1. The van der Waals surface area contributed by atoms with E-state index in [0.29, 0.717) is 12.8 Å². The van der Waals surface area contributed by atoms with Crippen molar-refractivity contribution in [2.24, 2.45) is 5.92 Å². The lowest BCUT2D eigenvalue weighted by atomic mass is 9.94. The predicted octanol–water partition coefficient (Wildman–Crippen LogP) is 3.33. The molecule has 0 N–H and O–H groups in total. The Morgan fingerprint density at radius 1 is 1.14 bits per heavy atom. The Balaban J connectivity index is 1.94. The molecule has 21 heavy (non-hydrogen) atoms. The number of hydrogen-bond donors (Lipinski definition) is 0. The Bertz CT molecular complexity index is 717. The van der Waals surface area contributed by atoms with Gasteiger partial charge in [-0.2, -0.15) is 0 Å². The molecule has 5 heteroatoms.